The lowest BCUT2D eigenvalue weighted by Crippen LogP contribution is -2.44. The molecule has 8 nitrogen and oxygen atoms in total. The number of likely N-dealkylation sites (tertiary alicyclic amines) is 1. The molecule has 2 aliphatic rings. The first-order valence-corrected chi connectivity index (χ1v) is 11.6. The van der Waals surface area contributed by atoms with Crippen LogP contribution in [0.15, 0.2) is 23.1 Å². The number of hydrogen-bond acceptors (Lipinski definition) is 6. The molecule has 0 aliphatic carbocycles. The summed E-state index contributed by atoms with van der Waals surface area (Å²) >= 11 is 0. The Morgan fingerprint density at radius 2 is 1.72 bits per heavy atom. The molecule has 162 valence electrons. The van der Waals surface area contributed by atoms with Gasteiger partial charge in [0, 0.05) is 38.2 Å². The van der Waals surface area contributed by atoms with Crippen LogP contribution in [0.2, 0.25) is 0 Å². The Bertz CT molecular complexity index is 800. The molecule has 1 aromatic carbocycles. The van der Waals surface area contributed by atoms with E-state index in [1.165, 1.54) is 43.5 Å². The van der Waals surface area contributed by atoms with Crippen molar-refractivity contribution in [2.24, 2.45) is 5.92 Å². The lowest BCUT2D eigenvalue weighted by molar-refractivity contribution is -0.126. The molecule has 1 amide bonds. The van der Waals surface area contributed by atoms with E-state index in [0.717, 1.165) is 19.6 Å². The minimum atomic E-state index is -3.64. The second-order valence-corrected chi connectivity index (χ2v) is 9.47. The van der Waals surface area contributed by atoms with Crippen molar-refractivity contribution in [1.29, 1.82) is 0 Å². The topological polar surface area (TPSA) is 88.2 Å². The highest BCUT2D eigenvalue weighted by atomic mass is 32.2. The highest BCUT2D eigenvalue weighted by Crippen LogP contribution is 2.32. The maximum Gasteiger partial charge on any atom is 0.243 e. The normalized spacial score (nSPS) is 19.2. The van der Waals surface area contributed by atoms with Crippen molar-refractivity contribution < 1.29 is 22.7 Å². The molecule has 0 radical (unpaired) electrons. The van der Waals surface area contributed by atoms with Gasteiger partial charge in [-0.05, 0) is 50.9 Å². The van der Waals surface area contributed by atoms with Gasteiger partial charge >= 0.3 is 0 Å². The van der Waals surface area contributed by atoms with Gasteiger partial charge in [0.05, 0.1) is 19.1 Å². The van der Waals surface area contributed by atoms with Crippen LogP contribution in [0.25, 0.3) is 0 Å². The van der Waals surface area contributed by atoms with Gasteiger partial charge in [-0.15, -0.1) is 0 Å². The van der Waals surface area contributed by atoms with Crippen molar-refractivity contribution in [3.63, 3.8) is 0 Å². The lowest BCUT2D eigenvalue weighted by Gasteiger charge is -2.30. The smallest absolute Gasteiger partial charge is 0.243 e. The minimum Gasteiger partial charge on any atom is -0.493 e. The zero-order valence-corrected chi connectivity index (χ0v) is 18.0. The first-order valence-electron chi connectivity index (χ1n) is 10.2. The van der Waals surface area contributed by atoms with Crippen LogP contribution in [0.3, 0.4) is 0 Å². The van der Waals surface area contributed by atoms with E-state index in [2.05, 4.69) is 10.2 Å². The highest BCUT2D eigenvalue weighted by molar-refractivity contribution is 7.89. The molecule has 2 fully saturated rings. The number of methoxy groups -OCH3 is 2. The molecule has 1 N–H and O–H groups in total. The molecule has 29 heavy (non-hydrogen) atoms. The molecule has 2 heterocycles. The number of nitrogens with one attached hydrogen (secondary N) is 1. The molecule has 1 aromatic rings. The van der Waals surface area contributed by atoms with Gasteiger partial charge in [-0.1, -0.05) is 0 Å². The maximum absolute atomic E-state index is 13.0. The highest BCUT2D eigenvalue weighted by Gasteiger charge is 2.32. The largest absolute Gasteiger partial charge is 0.493 e. The van der Waals surface area contributed by atoms with Crippen molar-refractivity contribution in [3.8, 4) is 11.5 Å². The number of piperidine rings is 1. The third-order valence-corrected chi connectivity index (χ3v) is 7.64. The van der Waals surface area contributed by atoms with Crippen LogP contribution in [0, 0.1) is 5.92 Å². The number of rotatable bonds is 8. The molecule has 0 saturated carbocycles. The van der Waals surface area contributed by atoms with Gasteiger partial charge in [-0.2, -0.15) is 4.31 Å². The van der Waals surface area contributed by atoms with E-state index in [4.69, 9.17) is 9.47 Å². The lowest BCUT2D eigenvalue weighted by atomic mass is 9.97. The predicted molar refractivity (Wildman–Crippen MR) is 110 cm³/mol. The number of carbonyl (C=O) groups is 1. The Morgan fingerprint density at radius 1 is 1.07 bits per heavy atom. The van der Waals surface area contributed by atoms with Gasteiger partial charge in [0.2, 0.25) is 15.9 Å². The minimum absolute atomic E-state index is 0.0346. The molecular weight excluding hydrogens is 394 g/mol. The van der Waals surface area contributed by atoms with Gasteiger partial charge in [0.15, 0.2) is 11.5 Å². The van der Waals surface area contributed by atoms with Crippen LogP contribution in [0.5, 0.6) is 11.5 Å². The summed E-state index contributed by atoms with van der Waals surface area (Å²) in [6.07, 6.45) is 3.53. The van der Waals surface area contributed by atoms with Crippen molar-refractivity contribution in [2.45, 2.75) is 30.6 Å². The van der Waals surface area contributed by atoms with Crippen LogP contribution in [0.4, 0.5) is 0 Å². The summed E-state index contributed by atoms with van der Waals surface area (Å²) in [5.74, 6) is 0.759. The van der Waals surface area contributed by atoms with E-state index in [1.807, 2.05) is 0 Å². The van der Waals surface area contributed by atoms with E-state index >= 15 is 0 Å². The zero-order valence-electron chi connectivity index (χ0n) is 17.2. The molecule has 3 rings (SSSR count). The first-order chi connectivity index (χ1) is 14.0. The fourth-order valence-electron chi connectivity index (χ4n) is 3.97. The molecule has 0 spiro atoms. The zero-order chi connectivity index (χ0) is 20.9. The molecule has 9 heteroatoms. The van der Waals surface area contributed by atoms with E-state index < -0.39 is 10.0 Å². The summed E-state index contributed by atoms with van der Waals surface area (Å²) in [5, 5.41) is 3.01. The fourth-order valence-corrected chi connectivity index (χ4v) is 5.46. The molecule has 0 aromatic heterocycles. The van der Waals surface area contributed by atoms with Crippen LogP contribution >= 0.6 is 0 Å². The van der Waals surface area contributed by atoms with E-state index in [0.29, 0.717) is 44.0 Å². The van der Waals surface area contributed by atoms with Crippen molar-refractivity contribution in [2.75, 3.05) is 53.5 Å². The van der Waals surface area contributed by atoms with Gasteiger partial charge in [0.25, 0.3) is 0 Å². The average Bonchev–Trinajstić information content (AvgIpc) is 3.26. The molecule has 0 bridgehead atoms. The summed E-state index contributed by atoms with van der Waals surface area (Å²) in [7, 11) is -0.656. The molecular formula is C20H31N3O5S. The number of benzene rings is 1. The Labute approximate surface area is 173 Å². The van der Waals surface area contributed by atoms with Crippen LogP contribution < -0.4 is 14.8 Å². The first kappa shape index (κ1) is 21.9. The molecule has 0 unspecified atom stereocenters. The van der Waals surface area contributed by atoms with Gasteiger partial charge < -0.3 is 19.7 Å². The van der Waals surface area contributed by atoms with Gasteiger partial charge in [-0.25, -0.2) is 8.42 Å². The monoisotopic (exact) mass is 425 g/mol. The summed E-state index contributed by atoms with van der Waals surface area (Å²) in [4.78, 5) is 15.0. The number of carbonyl (C=O) groups excluding carboxylic acids is 1. The predicted octanol–water partition coefficient (Wildman–Crippen LogP) is 1.32. The SMILES string of the molecule is COc1ccc(S(=O)(=O)N2CCC(C(=O)NCCN3CCCC3)CC2)cc1OC. The number of hydrogen-bond donors (Lipinski definition) is 1. The number of nitrogens with zero attached hydrogens (tertiary/aromatic N) is 2. The fraction of sp³-hybridized carbons (Fsp3) is 0.650. The summed E-state index contributed by atoms with van der Waals surface area (Å²) in [6, 6.07) is 4.59. The van der Waals surface area contributed by atoms with Crippen LogP contribution in [0.1, 0.15) is 25.7 Å². The Hall–Kier alpha value is -1.84. The number of sulfonamides is 1. The van der Waals surface area contributed by atoms with Crippen molar-refractivity contribution >= 4 is 15.9 Å². The molecule has 2 aliphatic heterocycles. The Morgan fingerprint density at radius 3 is 2.34 bits per heavy atom. The van der Waals surface area contributed by atoms with Gasteiger partial charge in [-0.3, -0.25) is 4.79 Å². The maximum atomic E-state index is 13.0. The average molecular weight is 426 g/mol. The second kappa shape index (κ2) is 9.77. The summed E-state index contributed by atoms with van der Waals surface area (Å²) in [5.41, 5.74) is 0. The van der Waals surface area contributed by atoms with Crippen LogP contribution in [-0.4, -0.2) is 77.0 Å². The quantitative estimate of drug-likeness (QED) is 0.676. The number of ether oxygens (including phenoxy) is 2. The van der Waals surface area contributed by atoms with Crippen LogP contribution in [-0.2, 0) is 14.8 Å². The molecule has 2 saturated heterocycles. The standard InChI is InChI=1S/C20H31N3O5S/c1-27-18-6-5-17(15-19(18)28-2)29(25,26)23-12-7-16(8-13-23)20(24)21-9-14-22-10-3-4-11-22/h5-6,15-16H,3-4,7-14H2,1-2H3,(H,21,24). The van der Waals surface area contributed by atoms with Gasteiger partial charge in [0.1, 0.15) is 0 Å². The van der Waals surface area contributed by atoms with Crippen molar-refractivity contribution in [3.05, 3.63) is 18.2 Å². The Balaban J connectivity index is 1.53. The summed E-state index contributed by atoms with van der Waals surface area (Å²) in [6.45, 7) is 4.44. The van der Waals surface area contributed by atoms with E-state index in [9.17, 15) is 13.2 Å². The third-order valence-electron chi connectivity index (χ3n) is 5.74. The Kier molecular flexibility index (Phi) is 7.37. The van der Waals surface area contributed by atoms with E-state index in [1.54, 1.807) is 6.07 Å². The van der Waals surface area contributed by atoms with Crippen molar-refractivity contribution in [1.82, 2.24) is 14.5 Å². The number of amides is 1. The third kappa shape index (κ3) is 5.21. The second-order valence-electron chi connectivity index (χ2n) is 7.53. The summed E-state index contributed by atoms with van der Waals surface area (Å²) < 4.78 is 37.8. The molecule has 0 atom stereocenters. The van der Waals surface area contributed by atoms with E-state index in [-0.39, 0.29) is 16.7 Å².